The van der Waals surface area contributed by atoms with Crippen molar-refractivity contribution in [3.63, 3.8) is 0 Å². The molecule has 3 heterocycles. The predicted octanol–water partition coefficient (Wildman–Crippen LogP) is 3.70. The first-order valence-corrected chi connectivity index (χ1v) is 9.10. The third-order valence-electron chi connectivity index (χ3n) is 5.14. The minimum absolute atomic E-state index is 0.215. The zero-order valence-corrected chi connectivity index (χ0v) is 15.4. The van der Waals surface area contributed by atoms with E-state index >= 15 is 0 Å². The molecule has 1 fully saturated rings. The van der Waals surface area contributed by atoms with E-state index in [2.05, 4.69) is 21.8 Å². The van der Waals surface area contributed by atoms with Gasteiger partial charge < -0.3 is 19.3 Å². The summed E-state index contributed by atoms with van der Waals surface area (Å²) in [7, 11) is 1.72. The maximum Gasteiger partial charge on any atom is 0.352 e. The lowest BCUT2D eigenvalue weighted by atomic mass is 10.00. The fourth-order valence-corrected chi connectivity index (χ4v) is 3.53. The fourth-order valence-electron chi connectivity index (χ4n) is 3.53. The molecule has 0 aliphatic carbocycles. The Morgan fingerprint density at radius 1 is 1.26 bits per heavy atom. The second-order valence-corrected chi connectivity index (χ2v) is 7.05. The van der Waals surface area contributed by atoms with Crippen molar-refractivity contribution in [3.05, 3.63) is 42.2 Å². The summed E-state index contributed by atoms with van der Waals surface area (Å²) in [5.74, 6) is 1.45. The lowest BCUT2D eigenvalue weighted by Gasteiger charge is -2.30. The number of benzene rings is 1. The van der Waals surface area contributed by atoms with Crippen molar-refractivity contribution in [3.8, 4) is 11.6 Å². The average molecular weight is 366 g/mol. The monoisotopic (exact) mass is 366 g/mol. The lowest BCUT2D eigenvalue weighted by molar-refractivity contribution is 0.0687. The smallest absolute Gasteiger partial charge is 0.352 e. The number of carbonyl (C=O) groups is 1. The van der Waals surface area contributed by atoms with E-state index in [1.54, 1.807) is 29.9 Å². The number of hydrogen-bond acceptors (Lipinski definition) is 5. The number of ether oxygens (including phenoxy) is 1. The maximum atomic E-state index is 11.4. The van der Waals surface area contributed by atoms with Gasteiger partial charge in [0.25, 0.3) is 0 Å². The zero-order valence-electron chi connectivity index (χ0n) is 15.4. The molecule has 0 spiro atoms. The summed E-state index contributed by atoms with van der Waals surface area (Å²) in [4.78, 5) is 22.5. The SMILES string of the molecule is CC1CCN(c2nccc(Oc3cccc4cc(C(=O)O)n(C)c34)n2)CC1. The molecule has 3 aromatic rings. The van der Waals surface area contributed by atoms with Gasteiger partial charge in [-0.15, -0.1) is 0 Å². The number of fused-ring (bicyclic) bond motifs is 1. The van der Waals surface area contributed by atoms with Gasteiger partial charge in [-0.2, -0.15) is 4.98 Å². The Bertz CT molecular complexity index is 990. The number of anilines is 1. The minimum atomic E-state index is -0.969. The molecule has 0 unspecified atom stereocenters. The van der Waals surface area contributed by atoms with Crippen molar-refractivity contribution < 1.29 is 14.6 Å². The minimum Gasteiger partial charge on any atom is -0.477 e. The number of para-hydroxylation sites is 1. The third-order valence-corrected chi connectivity index (χ3v) is 5.14. The van der Waals surface area contributed by atoms with E-state index in [1.807, 2.05) is 18.2 Å². The Labute approximate surface area is 157 Å². The molecule has 2 aromatic heterocycles. The highest BCUT2D eigenvalue weighted by atomic mass is 16.5. The summed E-state index contributed by atoms with van der Waals surface area (Å²) in [5.41, 5.74) is 0.939. The Balaban J connectivity index is 1.65. The molecule has 1 saturated heterocycles. The molecule has 1 aliphatic rings. The number of carboxylic acids is 1. The van der Waals surface area contributed by atoms with E-state index in [1.165, 1.54) is 0 Å². The van der Waals surface area contributed by atoms with Crippen LogP contribution in [0.4, 0.5) is 5.95 Å². The van der Waals surface area contributed by atoms with Crippen molar-refractivity contribution in [1.29, 1.82) is 0 Å². The Kier molecular flexibility index (Phi) is 4.43. The summed E-state index contributed by atoms with van der Waals surface area (Å²) in [6.07, 6.45) is 3.97. The number of aromatic carboxylic acids is 1. The number of aromatic nitrogens is 3. The fraction of sp³-hybridized carbons (Fsp3) is 0.350. The summed E-state index contributed by atoms with van der Waals surface area (Å²) in [5, 5.41) is 10.2. The van der Waals surface area contributed by atoms with Gasteiger partial charge in [-0.05, 0) is 30.9 Å². The number of rotatable bonds is 4. The molecule has 27 heavy (non-hydrogen) atoms. The summed E-state index contributed by atoms with van der Waals surface area (Å²) in [6.45, 7) is 4.16. The van der Waals surface area contributed by atoms with E-state index in [0.29, 0.717) is 17.6 Å². The molecule has 7 heteroatoms. The number of carboxylic acid groups (broad SMARTS) is 1. The van der Waals surface area contributed by atoms with Crippen LogP contribution in [0.3, 0.4) is 0 Å². The van der Waals surface area contributed by atoms with Crippen LogP contribution in [0, 0.1) is 5.92 Å². The van der Waals surface area contributed by atoms with Gasteiger partial charge in [0.05, 0.1) is 5.52 Å². The van der Waals surface area contributed by atoms with Gasteiger partial charge in [0, 0.05) is 37.8 Å². The molecule has 140 valence electrons. The highest BCUT2D eigenvalue weighted by molar-refractivity contribution is 5.96. The quantitative estimate of drug-likeness (QED) is 0.758. The van der Waals surface area contributed by atoms with Crippen LogP contribution in [0.2, 0.25) is 0 Å². The molecule has 0 radical (unpaired) electrons. The Morgan fingerprint density at radius 2 is 2.04 bits per heavy atom. The average Bonchev–Trinajstić information content (AvgIpc) is 3.01. The molecule has 1 aliphatic heterocycles. The molecule has 7 nitrogen and oxygen atoms in total. The van der Waals surface area contributed by atoms with E-state index in [-0.39, 0.29) is 5.69 Å². The normalized spacial score (nSPS) is 15.3. The van der Waals surface area contributed by atoms with Gasteiger partial charge in [0.2, 0.25) is 11.8 Å². The van der Waals surface area contributed by atoms with Crippen LogP contribution in [0.25, 0.3) is 10.9 Å². The van der Waals surface area contributed by atoms with Crippen LogP contribution in [-0.2, 0) is 7.05 Å². The van der Waals surface area contributed by atoms with Crippen molar-refractivity contribution in [2.75, 3.05) is 18.0 Å². The van der Waals surface area contributed by atoms with Crippen LogP contribution >= 0.6 is 0 Å². The van der Waals surface area contributed by atoms with Crippen molar-refractivity contribution >= 4 is 22.8 Å². The van der Waals surface area contributed by atoms with Gasteiger partial charge in [0.15, 0.2) is 5.75 Å². The van der Waals surface area contributed by atoms with Crippen molar-refractivity contribution in [1.82, 2.24) is 14.5 Å². The summed E-state index contributed by atoms with van der Waals surface area (Å²) >= 11 is 0. The second-order valence-electron chi connectivity index (χ2n) is 7.05. The largest absolute Gasteiger partial charge is 0.477 e. The topological polar surface area (TPSA) is 80.5 Å². The van der Waals surface area contributed by atoms with Crippen LogP contribution in [0.15, 0.2) is 36.5 Å². The predicted molar refractivity (Wildman–Crippen MR) is 103 cm³/mol. The first-order valence-electron chi connectivity index (χ1n) is 9.10. The van der Waals surface area contributed by atoms with Crippen LogP contribution in [0.5, 0.6) is 11.6 Å². The van der Waals surface area contributed by atoms with Crippen molar-refractivity contribution in [2.45, 2.75) is 19.8 Å². The first kappa shape index (κ1) is 17.3. The Hall–Kier alpha value is -3.09. The van der Waals surface area contributed by atoms with Crippen molar-refractivity contribution in [2.24, 2.45) is 13.0 Å². The van der Waals surface area contributed by atoms with Gasteiger partial charge in [-0.1, -0.05) is 19.1 Å². The van der Waals surface area contributed by atoms with Gasteiger partial charge in [-0.25, -0.2) is 9.78 Å². The molecule has 0 saturated carbocycles. The van der Waals surface area contributed by atoms with E-state index in [4.69, 9.17) is 4.74 Å². The number of piperidine rings is 1. The number of aryl methyl sites for hydroxylation is 1. The van der Waals surface area contributed by atoms with Gasteiger partial charge in [0.1, 0.15) is 5.69 Å². The molecular weight excluding hydrogens is 344 g/mol. The zero-order chi connectivity index (χ0) is 19.0. The molecule has 1 aromatic carbocycles. The summed E-state index contributed by atoms with van der Waals surface area (Å²) < 4.78 is 7.65. The van der Waals surface area contributed by atoms with Gasteiger partial charge in [-0.3, -0.25) is 0 Å². The lowest BCUT2D eigenvalue weighted by Crippen LogP contribution is -2.34. The van der Waals surface area contributed by atoms with Gasteiger partial charge >= 0.3 is 5.97 Å². The van der Waals surface area contributed by atoms with E-state index in [9.17, 15) is 9.90 Å². The number of hydrogen-bond donors (Lipinski definition) is 1. The third kappa shape index (κ3) is 3.32. The first-order chi connectivity index (χ1) is 13.0. The molecule has 0 amide bonds. The van der Waals surface area contributed by atoms with E-state index in [0.717, 1.165) is 42.8 Å². The van der Waals surface area contributed by atoms with Crippen LogP contribution in [0.1, 0.15) is 30.3 Å². The highest BCUT2D eigenvalue weighted by Gasteiger charge is 2.19. The highest BCUT2D eigenvalue weighted by Crippen LogP contribution is 2.31. The van der Waals surface area contributed by atoms with E-state index < -0.39 is 5.97 Å². The molecular formula is C20H22N4O3. The summed E-state index contributed by atoms with van der Waals surface area (Å²) in [6, 6.07) is 8.89. The Morgan fingerprint density at radius 3 is 2.78 bits per heavy atom. The maximum absolute atomic E-state index is 11.4. The molecule has 0 atom stereocenters. The van der Waals surface area contributed by atoms with Crippen LogP contribution < -0.4 is 9.64 Å². The standard InChI is InChI=1S/C20H22N4O3/c1-13-7-10-24(11-8-13)20-21-9-6-17(22-20)27-16-5-3-4-14-12-15(19(25)26)23(2)18(14)16/h3-6,9,12-13H,7-8,10-11H2,1-2H3,(H,25,26). The number of nitrogens with zero attached hydrogens (tertiary/aromatic N) is 4. The second kappa shape index (κ2) is 6.90. The molecule has 1 N–H and O–H groups in total. The molecule has 0 bridgehead atoms. The van der Waals surface area contributed by atoms with Crippen LogP contribution in [-0.4, -0.2) is 38.7 Å². The molecule has 4 rings (SSSR count).